The van der Waals surface area contributed by atoms with Crippen LogP contribution < -0.4 is 10.6 Å². The quantitative estimate of drug-likeness (QED) is 0.152. The van der Waals surface area contributed by atoms with Crippen molar-refractivity contribution in [2.75, 3.05) is 42.6 Å². The van der Waals surface area contributed by atoms with E-state index in [2.05, 4.69) is 42.7 Å². The molecule has 0 fully saturated rings. The van der Waals surface area contributed by atoms with Crippen molar-refractivity contribution in [3.63, 3.8) is 0 Å². The predicted molar refractivity (Wildman–Crippen MR) is 149 cm³/mol. The van der Waals surface area contributed by atoms with Gasteiger partial charge in [0.25, 0.3) is 0 Å². The number of carbonyl (C=O) groups is 1. The summed E-state index contributed by atoms with van der Waals surface area (Å²) in [5.74, 6) is 1.16. The molecule has 12 nitrogen and oxygen atoms in total. The minimum atomic E-state index is -1.85. The maximum absolute atomic E-state index is 12.0. The van der Waals surface area contributed by atoms with Crippen LogP contribution >= 0.6 is 0 Å². The number of aryl methyl sites for hydroxylation is 2. The number of pyridine rings is 1. The Labute approximate surface area is 230 Å². The van der Waals surface area contributed by atoms with E-state index in [0.717, 1.165) is 56.7 Å². The van der Waals surface area contributed by atoms with Gasteiger partial charge >= 0.3 is 5.97 Å². The monoisotopic (exact) mass is 556 g/mol. The van der Waals surface area contributed by atoms with Gasteiger partial charge in [-0.15, -0.1) is 0 Å². The van der Waals surface area contributed by atoms with Gasteiger partial charge in [0.05, 0.1) is 5.75 Å². The van der Waals surface area contributed by atoms with Crippen molar-refractivity contribution >= 4 is 28.7 Å². The van der Waals surface area contributed by atoms with Gasteiger partial charge in [-0.25, -0.2) is 28.6 Å². The SMILES string of the molecule is O=C(O)C(CCN(CCCCc1ccc2c(n1)NCCC2)CCCS(=O)O)Nc1cc(-n2cccn2)ncn1. The zero-order valence-corrected chi connectivity index (χ0v) is 22.7. The van der Waals surface area contributed by atoms with Gasteiger partial charge in [-0.3, -0.25) is 0 Å². The van der Waals surface area contributed by atoms with E-state index in [-0.39, 0.29) is 5.75 Å². The van der Waals surface area contributed by atoms with Crippen LogP contribution in [0.15, 0.2) is 43.0 Å². The first-order valence-electron chi connectivity index (χ1n) is 13.3. The van der Waals surface area contributed by atoms with Gasteiger partial charge in [0.2, 0.25) is 0 Å². The number of rotatable bonds is 16. The second kappa shape index (κ2) is 14.7. The molecule has 1 aliphatic heterocycles. The number of hydrogen-bond acceptors (Lipinski definition) is 9. The predicted octanol–water partition coefficient (Wildman–Crippen LogP) is 2.61. The number of aliphatic carboxylic acids is 1. The lowest BCUT2D eigenvalue weighted by atomic mass is 10.1. The average molecular weight is 557 g/mol. The van der Waals surface area contributed by atoms with Crippen molar-refractivity contribution in [1.29, 1.82) is 0 Å². The van der Waals surface area contributed by atoms with Crippen molar-refractivity contribution in [1.82, 2.24) is 29.6 Å². The summed E-state index contributed by atoms with van der Waals surface area (Å²) in [7, 11) is 0. The molecule has 3 aromatic rings. The number of hydrogen-bond donors (Lipinski definition) is 4. The normalized spacial score (nSPS) is 14.4. The van der Waals surface area contributed by atoms with E-state index >= 15 is 0 Å². The molecule has 210 valence electrons. The van der Waals surface area contributed by atoms with Crippen molar-refractivity contribution in [3.8, 4) is 5.82 Å². The van der Waals surface area contributed by atoms with Gasteiger partial charge in [0.15, 0.2) is 16.9 Å². The van der Waals surface area contributed by atoms with E-state index in [1.54, 1.807) is 29.2 Å². The highest BCUT2D eigenvalue weighted by molar-refractivity contribution is 7.79. The molecule has 0 saturated heterocycles. The van der Waals surface area contributed by atoms with Gasteiger partial charge in [0, 0.05) is 37.2 Å². The highest BCUT2D eigenvalue weighted by Crippen LogP contribution is 2.20. The third kappa shape index (κ3) is 9.08. The summed E-state index contributed by atoms with van der Waals surface area (Å²) in [5, 5.41) is 20.4. The molecule has 4 rings (SSSR count). The zero-order chi connectivity index (χ0) is 27.5. The summed E-state index contributed by atoms with van der Waals surface area (Å²) in [6.45, 7) is 2.88. The van der Waals surface area contributed by atoms with E-state index in [1.165, 1.54) is 11.9 Å². The second-order valence-electron chi connectivity index (χ2n) is 9.55. The molecule has 0 saturated carbocycles. The fourth-order valence-electron chi connectivity index (χ4n) is 4.60. The molecule has 39 heavy (non-hydrogen) atoms. The third-order valence-electron chi connectivity index (χ3n) is 6.65. The van der Waals surface area contributed by atoms with Crippen LogP contribution in [-0.4, -0.2) is 87.4 Å². The Balaban J connectivity index is 1.29. The van der Waals surface area contributed by atoms with Crippen LogP contribution in [0.2, 0.25) is 0 Å². The second-order valence-corrected chi connectivity index (χ2v) is 10.6. The van der Waals surface area contributed by atoms with Gasteiger partial charge in [-0.2, -0.15) is 5.10 Å². The molecule has 1 aliphatic rings. The maximum Gasteiger partial charge on any atom is 0.326 e. The van der Waals surface area contributed by atoms with Crippen LogP contribution in [0.3, 0.4) is 0 Å². The highest BCUT2D eigenvalue weighted by Gasteiger charge is 2.20. The minimum absolute atomic E-state index is 0.195. The third-order valence-corrected chi connectivity index (χ3v) is 7.29. The molecule has 0 aliphatic carbocycles. The molecule has 2 unspecified atom stereocenters. The largest absolute Gasteiger partial charge is 0.480 e. The van der Waals surface area contributed by atoms with E-state index in [1.807, 2.05) is 0 Å². The first kappa shape index (κ1) is 28.6. The fourth-order valence-corrected chi connectivity index (χ4v) is 4.98. The number of nitrogens with zero attached hydrogens (tertiary/aromatic N) is 6. The van der Waals surface area contributed by atoms with Crippen LogP contribution in [0.1, 0.15) is 43.4 Å². The Morgan fingerprint density at radius 2 is 2.08 bits per heavy atom. The van der Waals surface area contributed by atoms with Crippen LogP contribution in [-0.2, 0) is 28.7 Å². The van der Waals surface area contributed by atoms with E-state index < -0.39 is 23.1 Å². The van der Waals surface area contributed by atoms with E-state index in [9.17, 15) is 18.7 Å². The number of carboxylic acid groups (broad SMARTS) is 1. The van der Waals surface area contributed by atoms with Crippen LogP contribution in [0.25, 0.3) is 5.82 Å². The van der Waals surface area contributed by atoms with Crippen molar-refractivity contribution in [3.05, 3.63) is 54.2 Å². The molecule has 3 aromatic heterocycles. The number of carboxylic acids is 1. The van der Waals surface area contributed by atoms with Gasteiger partial charge in [-0.05, 0) is 75.7 Å². The zero-order valence-electron chi connectivity index (χ0n) is 21.9. The number of anilines is 2. The Kier molecular flexibility index (Phi) is 10.7. The summed E-state index contributed by atoms with van der Waals surface area (Å²) in [5.41, 5.74) is 2.35. The van der Waals surface area contributed by atoms with Crippen molar-refractivity contribution in [2.24, 2.45) is 0 Å². The molecule has 0 amide bonds. The number of nitrogens with one attached hydrogen (secondary N) is 2. The molecule has 0 radical (unpaired) electrons. The molecule has 0 bridgehead atoms. The fraction of sp³-hybridized carbons (Fsp3) is 0.500. The molecule has 2 atom stereocenters. The van der Waals surface area contributed by atoms with Gasteiger partial charge in [-0.1, -0.05) is 6.07 Å². The summed E-state index contributed by atoms with van der Waals surface area (Å²) < 4.78 is 21.9. The average Bonchev–Trinajstić information content (AvgIpc) is 3.48. The highest BCUT2D eigenvalue weighted by atomic mass is 32.2. The van der Waals surface area contributed by atoms with Crippen LogP contribution in [0.5, 0.6) is 0 Å². The minimum Gasteiger partial charge on any atom is -0.480 e. The molecule has 4 N–H and O–H groups in total. The van der Waals surface area contributed by atoms with Crippen LogP contribution in [0, 0.1) is 0 Å². The molecule has 0 aromatic carbocycles. The molecule has 0 spiro atoms. The van der Waals surface area contributed by atoms with E-state index in [4.69, 9.17) is 4.98 Å². The number of fused-ring (bicyclic) bond motifs is 1. The van der Waals surface area contributed by atoms with E-state index in [0.29, 0.717) is 37.6 Å². The summed E-state index contributed by atoms with van der Waals surface area (Å²) >= 11 is -1.85. The summed E-state index contributed by atoms with van der Waals surface area (Å²) in [6.07, 6.45) is 10.6. The lowest BCUT2D eigenvalue weighted by Gasteiger charge is -2.24. The molecular weight excluding hydrogens is 520 g/mol. The molecule has 4 heterocycles. The molecular formula is C26H36N8O4S. The Bertz CT molecular complexity index is 1230. The first-order valence-corrected chi connectivity index (χ1v) is 14.6. The Morgan fingerprint density at radius 3 is 2.87 bits per heavy atom. The lowest BCUT2D eigenvalue weighted by molar-refractivity contribution is -0.138. The number of aromatic nitrogens is 5. The van der Waals surface area contributed by atoms with Crippen LogP contribution in [0.4, 0.5) is 11.6 Å². The summed E-state index contributed by atoms with van der Waals surface area (Å²) in [6, 6.07) is 6.85. The molecule has 13 heteroatoms. The standard InChI is InChI=1S/C26H36N8O4S/c35-26(36)22(32-23-18-24(29-19-28-23)34-15-4-12-30-34)10-16-33(14-5-17-39(37)38)13-2-1-7-21-9-8-20-6-3-11-27-25(20)31-21/h4,8-9,12,15,18-19,22H,1-3,5-7,10-11,13-14,16-17H2,(H,27,31)(H,35,36)(H,37,38)(H,28,29,32). The topological polar surface area (TPSA) is 158 Å². The lowest BCUT2D eigenvalue weighted by Crippen LogP contribution is -2.36. The smallest absolute Gasteiger partial charge is 0.326 e. The Morgan fingerprint density at radius 1 is 1.21 bits per heavy atom. The summed E-state index contributed by atoms with van der Waals surface area (Å²) in [4.78, 5) is 27.3. The Hall–Kier alpha value is -3.42. The first-order chi connectivity index (χ1) is 19.0. The van der Waals surface area contributed by atoms with Gasteiger partial charge in [0.1, 0.15) is 24.0 Å². The maximum atomic E-state index is 12.0. The van der Waals surface area contributed by atoms with Gasteiger partial charge < -0.3 is 25.2 Å². The van der Waals surface area contributed by atoms with Crippen molar-refractivity contribution in [2.45, 2.75) is 51.0 Å². The number of unbranched alkanes of at least 4 members (excludes halogenated alkanes) is 1. The van der Waals surface area contributed by atoms with Crippen molar-refractivity contribution < 1.29 is 18.7 Å².